The Hall–Kier alpha value is -4.10. The second-order valence-electron chi connectivity index (χ2n) is 8.54. The Balaban J connectivity index is 2.13. The molecule has 0 aliphatic heterocycles. The Labute approximate surface area is 224 Å². The number of hydrogen-bond acceptors (Lipinski definition) is 8. The number of nitrogens with one attached hydrogen (secondary N) is 3. The van der Waals surface area contributed by atoms with E-state index in [0.29, 0.717) is 11.1 Å². The van der Waals surface area contributed by atoms with Gasteiger partial charge >= 0.3 is 5.97 Å². The van der Waals surface area contributed by atoms with E-state index < -0.39 is 60.2 Å². The fraction of sp³-hybridized carbons (Fsp3) is 0.320. The van der Waals surface area contributed by atoms with Gasteiger partial charge in [-0.05, 0) is 23.3 Å². The lowest BCUT2D eigenvalue weighted by Crippen LogP contribution is -2.58. The topological polar surface area (TPSA) is 214 Å². The minimum Gasteiger partial charge on any atom is -0.508 e. The first-order chi connectivity index (χ1) is 18.0. The highest BCUT2D eigenvalue weighted by Gasteiger charge is 2.30. The average molecular weight is 546 g/mol. The molecule has 4 unspecified atom stereocenters. The summed E-state index contributed by atoms with van der Waals surface area (Å²) in [5, 5.41) is 26.3. The molecule has 4 amide bonds. The zero-order chi connectivity index (χ0) is 28.2. The summed E-state index contributed by atoms with van der Waals surface area (Å²) in [7, 11) is 0. The van der Waals surface area contributed by atoms with Crippen LogP contribution in [0.15, 0.2) is 54.6 Å². The normalized spacial score (nSPS) is 13.8. The molecule has 0 saturated heterocycles. The highest BCUT2D eigenvalue weighted by molar-refractivity contribution is 7.80. The number of primary amides is 1. The Bertz CT molecular complexity index is 1130. The standard InChI is InChI=1S/C25H31N5O7S/c26-17(12-21(27)32)22(33)28-18(10-14-4-2-1-3-5-14)23(34)30-20(13-38)24(35)29-19(25(36)37)11-15-6-8-16(31)9-7-15/h1-9,17-20,31,38H,10-13,26H2,(H2,27,32)(H,28,33)(H,29,35)(H,30,34)(H,36,37). The van der Waals surface area contributed by atoms with E-state index in [-0.39, 0.29) is 24.3 Å². The predicted molar refractivity (Wildman–Crippen MR) is 141 cm³/mol. The van der Waals surface area contributed by atoms with Gasteiger partial charge in [0.1, 0.15) is 23.9 Å². The Morgan fingerprint density at radius 1 is 0.763 bits per heavy atom. The number of hydrogen-bond donors (Lipinski definition) is 8. The SMILES string of the molecule is NC(=O)CC(N)C(=O)NC(Cc1ccccc1)C(=O)NC(CS)C(=O)NC(Cc1ccc(O)cc1)C(=O)O. The summed E-state index contributed by atoms with van der Waals surface area (Å²) >= 11 is 4.11. The third-order valence-electron chi connectivity index (χ3n) is 5.48. The first-order valence-corrected chi connectivity index (χ1v) is 12.2. The van der Waals surface area contributed by atoms with Crippen molar-refractivity contribution in [3.05, 3.63) is 65.7 Å². The van der Waals surface area contributed by atoms with Crippen molar-refractivity contribution in [1.29, 1.82) is 0 Å². The zero-order valence-corrected chi connectivity index (χ0v) is 21.3. The van der Waals surface area contributed by atoms with Crippen LogP contribution in [0.25, 0.3) is 0 Å². The quantitative estimate of drug-likeness (QED) is 0.135. The Morgan fingerprint density at radius 3 is 1.82 bits per heavy atom. The minimum atomic E-state index is -1.32. The van der Waals surface area contributed by atoms with E-state index in [9.17, 15) is 34.2 Å². The number of carbonyl (C=O) groups is 5. The number of phenols is 1. The molecule has 2 aromatic rings. The highest BCUT2D eigenvalue weighted by Crippen LogP contribution is 2.12. The van der Waals surface area contributed by atoms with Crippen molar-refractivity contribution in [2.75, 3.05) is 5.75 Å². The van der Waals surface area contributed by atoms with Crippen LogP contribution < -0.4 is 27.4 Å². The third-order valence-corrected chi connectivity index (χ3v) is 5.84. The van der Waals surface area contributed by atoms with Crippen molar-refractivity contribution in [2.24, 2.45) is 11.5 Å². The number of nitrogens with two attached hydrogens (primary N) is 2. The summed E-state index contributed by atoms with van der Waals surface area (Å²) in [5.74, 6) is -4.57. The van der Waals surface area contributed by atoms with Crippen LogP contribution in [0.3, 0.4) is 0 Å². The van der Waals surface area contributed by atoms with Crippen molar-refractivity contribution in [1.82, 2.24) is 16.0 Å². The maximum atomic E-state index is 13.1. The number of amides is 4. The number of rotatable bonds is 14. The van der Waals surface area contributed by atoms with Crippen LogP contribution in [-0.2, 0) is 36.8 Å². The monoisotopic (exact) mass is 545 g/mol. The first-order valence-electron chi connectivity index (χ1n) is 11.6. The van der Waals surface area contributed by atoms with Gasteiger partial charge in [-0.2, -0.15) is 12.6 Å². The molecule has 204 valence electrons. The number of phenolic OH excluding ortho intramolecular Hbond substituents is 1. The molecule has 0 saturated carbocycles. The van der Waals surface area contributed by atoms with Gasteiger partial charge in [-0.25, -0.2) is 4.79 Å². The second kappa shape index (κ2) is 14.6. The lowest BCUT2D eigenvalue weighted by molar-refractivity contribution is -0.142. The van der Waals surface area contributed by atoms with Gasteiger partial charge in [0, 0.05) is 18.6 Å². The molecular formula is C25H31N5O7S. The van der Waals surface area contributed by atoms with Crippen LogP contribution in [0.2, 0.25) is 0 Å². The van der Waals surface area contributed by atoms with E-state index in [2.05, 4.69) is 28.6 Å². The fourth-order valence-electron chi connectivity index (χ4n) is 3.45. The van der Waals surface area contributed by atoms with Crippen molar-refractivity contribution in [2.45, 2.75) is 43.4 Å². The van der Waals surface area contributed by atoms with E-state index in [1.54, 1.807) is 30.3 Å². The molecule has 0 fully saturated rings. The summed E-state index contributed by atoms with van der Waals surface area (Å²) in [4.78, 5) is 61.4. The summed E-state index contributed by atoms with van der Waals surface area (Å²) < 4.78 is 0. The van der Waals surface area contributed by atoms with Gasteiger partial charge in [0.05, 0.1) is 12.5 Å². The molecule has 0 heterocycles. The van der Waals surface area contributed by atoms with E-state index in [0.717, 1.165) is 0 Å². The molecule has 2 aromatic carbocycles. The van der Waals surface area contributed by atoms with Gasteiger partial charge in [-0.1, -0.05) is 42.5 Å². The number of carboxylic acid groups (broad SMARTS) is 1. The number of benzene rings is 2. The molecule has 9 N–H and O–H groups in total. The molecule has 0 aliphatic rings. The molecule has 0 spiro atoms. The van der Waals surface area contributed by atoms with Crippen molar-refractivity contribution < 1.29 is 34.2 Å². The van der Waals surface area contributed by atoms with E-state index in [4.69, 9.17) is 11.5 Å². The molecule has 2 rings (SSSR count). The molecule has 13 heteroatoms. The molecule has 12 nitrogen and oxygen atoms in total. The van der Waals surface area contributed by atoms with Gasteiger partial charge in [0.2, 0.25) is 23.6 Å². The second-order valence-corrected chi connectivity index (χ2v) is 8.91. The summed E-state index contributed by atoms with van der Waals surface area (Å²) in [6, 6.07) is 9.56. The smallest absolute Gasteiger partial charge is 0.326 e. The number of carboxylic acids is 1. The van der Waals surface area contributed by atoms with Crippen LogP contribution in [0, 0.1) is 0 Å². The number of carbonyl (C=O) groups excluding carboxylic acids is 4. The highest BCUT2D eigenvalue weighted by atomic mass is 32.1. The van der Waals surface area contributed by atoms with Crippen LogP contribution in [-0.4, -0.2) is 69.7 Å². The predicted octanol–water partition coefficient (Wildman–Crippen LogP) is -1.15. The number of aromatic hydroxyl groups is 1. The van der Waals surface area contributed by atoms with Crippen molar-refractivity contribution in [3.8, 4) is 5.75 Å². The van der Waals surface area contributed by atoms with Crippen molar-refractivity contribution in [3.63, 3.8) is 0 Å². The molecular weight excluding hydrogens is 514 g/mol. The molecule has 4 atom stereocenters. The molecule has 0 aliphatic carbocycles. The molecule has 0 radical (unpaired) electrons. The lowest BCUT2D eigenvalue weighted by Gasteiger charge is -2.24. The maximum absolute atomic E-state index is 13.1. The molecule has 0 bridgehead atoms. The minimum absolute atomic E-state index is 0.00948. The van der Waals surface area contributed by atoms with Crippen LogP contribution in [0.5, 0.6) is 5.75 Å². The van der Waals surface area contributed by atoms with E-state index >= 15 is 0 Å². The van der Waals surface area contributed by atoms with Gasteiger partial charge < -0.3 is 37.6 Å². The van der Waals surface area contributed by atoms with E-state index in [1.165, 1.54) is 24.3 Å². The fourth-order valence-corrected chi connectivity index (χ4v) is 3.71. The van der Waals surface area contributed by atoms with Gasteiger partial charge in [0.25, 0.3) is 0 Å². The van der Waals surface area contributed by atoms with Gasteiger partial charge in [-0.3, -0.25) is 19.2 Å². The largest absolute Gasteiger partial charge is 0.508 e. The van der Waals surface area contributed by atoms with Crippen LogP contribution in [0.4, 0.5) is 0 Å². The van der Waals surface area contributed by atoms with Crippen LogP contribution >= 0.6 is 12.6 Å². The summed E-state index contributed by atoms with van der Waals surface area (Å²) in [5.41, 5.74) is 12.0. The Morgan fingerprint density at radius 2 is 1.26 bits per heavy atom. The maximum Gasteiger partial charge on any atom is 0.326 e. The van der Waals surface area contributed by atoms with E-state index in [1.807, 2.05) is 0 Å². The number of thiol groups is 1. The van der Waals surface area contributed by atoms with Gasteiger partial charge in [0.15, 0.2) is 0 Å². The average Bonchev–Trinajstić information content (AvgIpc) is 2.87. The third kappa shape index (κ3) is 9.75. The number of aliphatic carboxylic acids is 1. The summed E-state index contributed by atoms with van der Waals surface area (Å²) in [6.07, 6.45) is -0.453. The lowest BCUT2D eigenvalue weighted by atomic mass is 10.0. The Kier molecular flexibility index (Phi) is 11.6. The van der Waals surface area contributed by atoms with Gasteiger partial charge in [-0.15, -0.1) is 0 Å². The van der Waals surface area contributed by atoms with Crippen LogP contribution in [0.1, 0.15) is 17.5 Å². The summed E-state index contributed by atoms with van der Waals surface area (Å²) in [6.45, 7) is 0. The molecule has 0 aromatic heterocycles. The molecule has 38 heavy (non-hydrogen) atoms. The first kappa shape index (κ1) is 30.1. The van der Waals surface area contributed by atoms with Crippen molar-refractivity contribution >= 4 is 42.2 Å². The zero-order valence-electron chi connectivity index (χ0n) is 20.4.